The highest BCUT2D eigenvalue weighted by atomic mass is 16.2. The van der Waals surface area contributed by atoms with Gasteiger partial charge in [-0.1, -0.05) is 43.7 Å². The molecule has 0 unspecified atom stereocenters. The fraction of sp³-hybridized carbons (Fsp3) is 0.438. The Bertz CT molecular complexity index is 526. The minimum atomic E-state index is -0.158. The first-order valence-electron chi connectivity index (χ1n) is 7.40. The van der Waals surface area contributed by atoms with Crippen molar-refractivity contribution in [3.8, 4) is 0 Å². The number of carbonyl (C=O) groups excluding carboxylic acids is 2. The van der Waals surface area contributed by atoms with Gasteiger partial charge in [0.2, 0.25) is 11.8 Å². The van der Waals surface area contributed by atoms with E-state index in [1.54, 1.807) is 0 Å². The summed E-state index contributed by atoms with van der Waals surface area (Å²) in [6.45, 7) is 2.71. The Morgan fingerprint density at radius 2 is 2.05 bits per heavy atom. The molecule has 0 fully saturated rings. The van der Waals surface area contributed by atoms with Crippen LogP contribution in [0.2, 0.25) is 0 Å². The third-order valence-electron chi connectivity index (χ3n) is 3.36. The lowest BCUT2D eigenvalue weighted by Crippen LogP contribution is -2.40. The van der Waals surface area contributed by atoms with Crippen molar-refractivity contribution in [2.45, 2.75) is 32.6 Å². The lowest BCUT2D eigenvalue weighted by Gasteiger charge is -2.23. The first-order chi connectivity index (χ1) is 10.2. The molecule has 5 nitrogen and oxygen atoms in total. The second kappa shape index (κ2) is 7.57. The van der Waals surface area contributed by atoms with Crippen molar-refractivity contribution in [3.05, 3.63) is 35.9 Å². The highest BCUT2D eigenvalue weighted by Crippen LogP contribution is 2.14. The van der Waals surface area contributed by atoms with E-state index in [4.69, 9.17) is 0 Å². The number of hydrogen-bond acceptors (Lipinski definition) is 3. The van der Waals surface area contributed by atoms with Crippen molar-refractivity contribution in [1.29, 1.82) is 0 Å². The van der Waals surface area contributed by atoms with Crippen LogP contribution in [0.5, 0.6) is 0 Å². The van der Waals surface area contributed by atoms with Crippen molar-refractivity contribution in [2.24, 2.45) is 5.10 Å². The summed E-state index contributed by atoms with van der Waals surface area (Å²) in [5, 5.41) is 8.43. The van der Waals surface area contributed by atoms with Gasteiger partial charge in [0, 0.05) is 19.4 Å². The van der Waals surface area contributed by atoms with Gasteiger partial charge < -0.3 is 5.32 Å². The average Bonchev–Trinajstić information content (AvgIpc) is 2.51. The number of unbranched alkanes of at least 4 members (excludes halogenated alkanes) is 1. The number of hydrogen-bond donors (Lipinski definition) is 1. The van der Waals surface area contributed by atoms with Gasteiger partial charge in [-0.15, -0.1) is 0 Å². The smallest absolute Gasteiger partial charge is 0.243 e. The molecule has 1 heterocycles. The second-order valence-electron chi connectivity index (χ2n) is 5.07. The normalized spacial score (nSPS) is 14.8. The third-order valence-corrected chi connectivity index (χ3v) is 3.36. The van der Waals surface area contributed by atoms with Crippen molar-refractivity contribution in [2.75, 3.05) is 13.1 Å². The molecule has 112 valence electrons. The number of nitrogens with zero attached hydrogens (tertiary/aromatic N) is 2. The third kappa shape index (κ3) is 4.41. The van der Waals surface area contributed by atoms with Crippen LogP contribution in [0.3, 0.4) is 0 Å². The molecule has 1 aliphatic rings. The van der Waals surface area contributed by atoms with E-state index in [1.165, 1.54) is 5.01 Å². The van der Waals surface area contributed by atoms with Gasteiger partial charge in [0.15, 0.2) is 0 Å². The van der Waals surface area contributed by atoms with E-state index in [0.717, 1.165) is 24.1 Å². The van der Waals surface area contributed by atoms with Crippen LogP contribution < -0.4 is 5.32 Å². The van der Waals surface area contributed by atoms with Crippen molar-refractivity contribution in [1.82, 2.24) is 10.3 Å². The van der Waals surface area contributed by atoms with Crippen molar-refractivity contribution in [3.63, 3.8) is 0 Å². The lowest BCUT2D eigenvalue weighted by molar-refractivity contribution is -0.136. The van der Waals surface area contributed by atoms with Crippen molar-refractivity contribution < 1.29 is 9.59 Å². The number of benzene rings is 1. The van der Waals surface area contributed by atoms with E-state index < -0.39 is 0 Å². The van der Waals surface area contributed by atoms with Crippen LogP contribution in [0.1, 0.15) is 38.2 Å². The van der Waals surface area contributed by atoms with E-state index in [-0.39, 0.29) is 18.4 Å². The summed E-state index contributed by atoms with van der Waals surface area (Å²) in [7, 11) is 0. The van der Waals surface area contributed by atoms with Gasteiger partial charge in [-0.2, -0.15) is 5.10 Å². The summed E-state index contributed by atoms with van der Waals surface area (Å²) in [5.74, 6) is -0.254. The minimum Gasteiger partial charge on any atom is -0.354 e. The molecule has 1 N–H and O–H groups in total. The molecule has 0 aromatic heterocycles. The second-order valence-corrected chi connectivity index (χ2v) is 5.07. The fourth-order valence-corrected chi connectivity index (χ4v) is 2.16. The number of amides is 2. The van der Waals surface area contributed by atoms with E-state index in [9.17, 15) is 9.59 Å². The summed E-state index contributed by atoms with van der Waals surface area (Å²) >= 11 is 0. The fourth-order valence-electron chi connectivity index (χ4n) is 2.16. The van der Waals surface area contributed by atoms with Crippen LogP contribution >= 0.6 is 0 Å². The van der Waals surface area contributed by atoms with Gasteiger partial charge in [0.05, 0.1) is 5.71 Å². The van der Waals surface area contributed by atoms with Crippen LogP contribution in [-0.4, -0.2) is 35.6 Å². The van der Waals surface area contributed by atoms with Crippen LogP contribution in [0.4, 0.5) is 0 Å². The molecule has 0 aliphatic carbocycles. The zero-order valence-electron chi connectivity index (χ0n) is 12.3. The molecular formula is C16H21N3O2. The summed E-state index contributed by atoms with van der Waals surface area (Å²) in [4.78, 5) is 23.7. The lowest BCUT2D eigenvalue weighted by atomic mass is 10.0. The van der Waals surface area contributed by atoms with E-state index in [0.29, 0.717) is 19.4 Å². The first kappa shape index (κ1) is 15.2. The molecule has 0 saturated carbocycles. The maximum absolute atomic E-state index is 11.9. The Labute approximate surface area is 125 Å². The highest BCUT2D eigenvalue weighted by molar-refractivity contribution is 6.04. The predicted molar refractivity (Wildman–Crippen MR) is 81.8 cm³/mol. The Morgan fingerprint density at radius 3 is 2.76 bits per heavy atom. The Morgan fingerprint density at radius 1 is 1.29 bits per heavy atom. The Balaban J connectivity index is 2.00. The number of nitrogens with one attached hydrogen (secondary N) is 1. The SMILES string of the molecule is CCCCNC(=O)CN1N=C(c2ccccc2)CCC1=O. The summed E-state index contributed by atoms with van der Waals surface area (Å²) in [6, 6.07) is 9.76. The van der Waals surface area contributed by atoms with Crippen LogP contribution in [0, 0.1) is 0 Å². The number of rotatable bonds is 6. The molecule has 1 aromatic carbocycles. The van der Waals surface area contributed by atoms with Gasteiger partial charge in [-0.3, -0.25) is 9.59 Å². The molecule has 1 aliphatic heterocycles. The Hall–Kier alpha value is -2.17. The van der Waals surface area contributed by atoms with Gasteiger partial charge in [-0.05, 0) is 12.0 Å². The molecule has 1 aromatic rings. The van der Waals surface area contributed by atoms with Crippen LogP contribution in [0.25, 0.3) is 0 Å². The number of hydrazone groups is 1. The summed E-state index contributed by atoms with van der Waals surface area (Å²) in [6.07, 6.45) is 2.99. The highest BCUT2D eigenvalue weighted by Gasteiger charge is 2.22. The van der Waals surface area contributed by atoms with Gasteiger partial charge in [0.25, 0.3) is 0 Å². The molecule has 5 heteroatoms. The van der Waals surface area contributed by atoms with E-state index >= 15 is 0 Å². The molecule has 21 heavy (non-hydrogen) atoms. The van der Waals surface area contributed by atoms with Crippen LogP contribution in [0.15, 0.2) is 35.4 Å². The molecule has 0 radical (unpaired) electrons. The zero-order chi connectivity index (χ0) is 15.1. The molecular weight excluding hydrogens is 266 g/mol. The Kier molecular flexibility index (Phi) is 5.49. The van der Waals surface area contributed by atoms with E-state index in [2.05, 4.69) is 17.3 Å². The monoisotopic (exact) mass is 287 g/mol. The minimum absolute atomic E-state index is 0.00111. The average molecular weight is 287 g/mol. The number of carbonyl (C=O) groups is 2. The first-order valence-corrected chi connectivity index (χ1v) is 7.40. The molecule has 2 amide bonds. The predicted octanol–water partition coefficient (Wildman–Crippen LogP) is 1.93. The maximum Gasteiger partial charge on any atom is 0.243 e. The maximum atomic E-state index is 11.9. The van der Waals surface area contributed by atoms with Crippen molar-refractivity contribution >= 4 is 17.5 Å². The quantitative estimate of drug-likeness (QED) is 0.813. The van der Waals surface area contributed by atoms with E-state index in [1.807, 2.05) is 30.3 Å². The standard InChI is InChI=1S/C16H21N3O2/c1-2-3-11-17-15(20)12-19-16(21)10-9-14(18-19)13-7-5-4-6-8-13/h4-8H,2-3,9-12H2,1H3,(H,17,20). The topological polar surface area (TPSA) is 61.8 Å². The summed E-state index contributed by atoms with van der Waals surface area (Å²) < 4.78 is 0. The summed E-state index contributed by atoms with van der Waals surface area (Å²) in [5.41, 5.74) is 1.86. The van der Waals surface area contributed by atoms with Crippen LogP contribution in [-0.2, 0) is 9.59 Å². The van der Waals surface area contributed by atoms with Gasteiger partial charge >= 0.3 is 0 Å². The largest absolute Gasteiger partial charge is 0.354 e. The van der Waals surface area contributed by atoms with Gasteiger partial charge in [-0.25, -0.2) is 5.01 Å². The molecule has 0 saturated heterocycles. The molecule has 0 bridgehead atoms. The molecule has 0 spiro atoms. The zero-order valence-corrected chi connectivity index (χ0v) is 12.3. The van der Waals surface area contributed by atoms with Gasteiger partial charge in [0.1, 0.15) is 6.54 Å². The molecule has 2 rings (SSSR count). The molecule has 0 atom stereocenters.